The molecule has 1 aliphatic rings. The topological polar surface area (TPSA) is 17.1 Å². The standard InChI is InChI=1S/C11H16O/c1-8-6-5-7-11(3,4)10(8)9(2)12/h5-6,10H,1,7H2,2-4H3. The van der Waals surface area contributed by atoms with E-state index in [1.807, 2.05) is 6.08 Å². The largest absolute Gasteiger partial charge is 0.299 e. The SMILES string of the molecule is C=C1C=CCC(C)(C)C1C(C)=O. The molecule has 0 aliphatic heterocycles. The molecule has 0 saturated heterocycles. The summed E-state index contributed by atoms with van der Waals surface area (Å²) in [6.07, 6.45) is 5.04. The van der Waals surface area contributed by atoms with Gasteiger partial charge < -0.3 is 0 Å². The molecule has 0 aromatic carbocycles. The Morgan fingerprint density at radius 1 is 1.67 bits per heavy atom. The van der Waals surface area contributed by atoms with Crippen molar-refractivity contribution in [3.8, 4) is 0 Å². The summed E-state index contributed by atoms with van der Waals surface area (Å²) in [4.78, 5) is 11.3. The molecule has 1 atom stereocenters. The van der Waals surface area contributed by atoms with Crippen LogP contribution in [0.2, 0.25) is 0 Å². The van der Waals surface area contributed by atoms with Crippen LogP contribution in [0.1, 0.15) is 27.2 Å². The lowest BCUT2D eigenvalue weighted by Gasteiger charge is -2.35. The molecule has 0 aromatic rings. The lowest BCUT2D eigenvalue weighted by molar-refractivity contribution is -0.122. The molecule has 0 spiro atoms. The second kappa shape index (κ2) is 2.89. The Morgan fingerprint density at radius 3 is 2.58 bits per heavy atom. The van der Waals surface area contributed by atoms with Crippen LogP contribution in [0.4, 0.5) is 0 Å². The lowest BCUT2D eigenvalue weighted by atomic mass is 9.68. The molecule has 0 aromatic heterocycles. The number of carbonyl (C=O) groups is 1. The number of hydrogen-bond acceptors (Lipinski definition) is 1. The van der Waals surface area contributed by atoms with Crippen LogP contribution in [0, 0.1) is 11.3 Å². The third kappa shape index (κ3) is 1.50. The molecule has 0 saturated carbocycles. The molecular formula is C11H16O. The maximum atomic E-state index is 11.3. The molecule has 1 aliphatic carbocycles. The van der Waals surface area contributed by atoms with Gasteiger partial charge in [0.15, 0.2) is 0 Å². The summed E-state index contributed by atoms with van der Waals surface area (Å²) < 4.78 is 0. The van der Waals surface area contributed by atoms with Crippen molar-refractivity contribution in [2.24, 2.45) is 11.3 Å². The zero-order valence-corrected chi connectivity index (χ0v) is 8.05. The molecule has 1 heteroatoms. The maximum absolute atomic E-state index is 11.3. The van der Waals surface area contributed by atoms with Crippen molar-refractivity contribution >= 4 is 5.78 Å². The molecule has 1 rings (SSSR count). The number of allylic oxidation sites excluding steroid dienone is 3. The third-order valence-corrected chi connectivity index (χ3v) is 2.53. The number of Topliss-reactive ketones (excluding diaryl/α,β-unsaturated/α-hetero) is 1. The van der Waals surface area contributed by atoms with E-state index in [1.54, 1.807) is 6.92 Å². The molecule has 0 amide bonds. The van der Waals surface area contributed by atoms with Crippen LogP contribution in [0.5, 0.6) is 0 Å². The van der Waals surface area contributed by atoms with Crippen LogP contribution in [0.15, 0.2) is 24.3 Å². The van der Waals surface area contributed by atoms with Gasteiger partial charge in [0.05, 0.1) is 0 Å². The summed E-state index contributed by atoms with van der Waals surface area (Å²) in [5.74, 6) is 0.247. The Bertz CT molecular complexity index is 246. The van der Waals surface area contributed by atoms with E-state index in [1.165, 1.54) is 0 Å². The van der Waals surface area contributed by atoms with Gasteiger partial charge in [-0.25, -0.2) is 0 Å². The van der Waals surface area contributed by atoms with Gasteiger partial charge in [0, 0.05) is 5.92 Å². The molecule has 0 fully saturated rings. The van der Waals surface area contributed by atoms with Gasteiger partial charge >= 0.3 is 0 Å². The van der Waals surface area contributed by atoms with Crippen molar-refractivity contribution < 1.29 is 4.79 Å². The normalized spacial score (nSPS) is 27.2. The van der Waals surface area contributed by atoms with Crippen LogP contribution in [-0.2, 0) is 4.79 Å². The second-order valence-electron chi connectivity index (χ2n) is 4.21. The van der Waals surface area contributed by atoms with Crippen molar-refractivity contribution in [2.45, 2.75) is 27.2 Å². The highest BCUT2D eigenvalue weighted by molar-refractivity contribution is 5.83. The summed E-state index contributed by atoms with van der Waals surface area (Å²) in [6.45, 7) is 9.79. The Balaban J connectivity index is 3.00. The van der Waals surface area contributed by atoms with E-state index in [0.29, 0.717) is 0 Å². The number of ketones is 1. The third-order valence-electron chi connectivity index (χ3n) is 2.53. The quantitative estimate of drug-likeness (QED) is 0.582. The molecule has 66 valence electrons. The molecule has 0 heterocycles. The molecule has 12 heavy (non-hydrogen) atoms. The van der Waals surface area contributed by atoms with E-state index in [-0.39, 0.29) is 17.1 Å². The first-order valence-electron chi connectivity index (χ1n) is 4.31. The first kappa shape index (κ1) is 9.24. The van der Waals surface area contributed by atoms with Gasteiger partial charge in [-0.05, 0) is 24.3 Å². The predicted molar refractivity (Wildman–Crippen MR) is 50.8 cm³/mol. The van der Waals surface area contributed by atoms with Gasteiger partial charge in [0.2, 0.25) is 0 Å². The molecule has 0 bridgehead atoms. The highest BCUT2D eigenvalue weighted by Crippen LogP contribution is 2.39. The van der Waals surface area contributed by atoms with E-state index in [9.17, 15) is 4.79 Å². The van der Waals surface area contributed by atoms with Crippen LogP contribution in [-0.4, -0.2) is 5.78 Å². The van der Waals surface area contributed by atoms with E-state index in [4.69, 9.17) is 0 Å². The average molecular weight is 164 g/mol. The fourth-order valence-corrected chi connectivity index (χ4v) is 2.04. The molecule has 0 radical (unpaired) electrons. The highest BCUT2D eigenvalue weighted by Gasteiger charge is 2.35. The first-order valence-corrected chi connectivity index (χ1v) is 4.31. The van der Waals surface area contributed by atoms with Crippen LogP contribution < -0.4 is 0 Å². The highest BCUT2D eigenvalue weighted by atomic mass is 16.1. The van der Waals surface area contributed by atoms with Gasteiger partial charge in [-0.15, -0.1) is 0 Å². The minimum absolute atomic E-state index is 0.0162. The summed E-state index contributed by atoms with van der Waals surface area (Å²) >= 11 is 0. The van der Waals surface area contributed by atoms with Crippen LogP contribution >= 0.6 is 0 Å². The van der Waals surface area contributed by atoms with Crippen LogP contribution in [0.25, 0.3) is 0 Å². The van der Waals surface area contributed by atoms with Crippen LogP contribution in [0.3, 0.4) is 0 Å². The van der Waals surface area contributed by atoms with Crippen molar-refractivity contribution in [2.75, 3.05) is 0 Å². The smallest absolute Gasteiger partial charge is 0.137 e. The Hall–Kier alpha value is -0.850. The zero-order chi connectivity index (χ0) is 9.35. The van der Waals surface area contributed by atoms with E-state index < -0.39 is 0 Å². The molecule has 1 nitrogen and oxygen atoms in total. The average Bonchev–Trinajstić information content (AvgIpc) is 1.82. The van der Waals surface area contributed by atoms with E-state index in [2.05, 4.69) is 26.5 Å². The molecule has 1 unspecified atom stereocenters. The van der Waals surface area contributed by atoms with Crippen molar-refractivity contribution in [3.05, 3.63) is 24.3 Å². The van der Waals surface area contributed by atoms with Gasteiger partial charge in [0.1, 0.15) is 5.78 Å². The van der Waals surface area contributed by atoms with Gasteiger partial charge in [-0.2, -0.15) is 0 Å². The fraction of sp³-hybridized carbons (Fsp3) is 0.545. The predicted octanol–water partition coefficient (Wildman–Crippen LogP) is 2.73. The minimum atomic E-state index is 0.0162. The summed E-state index contributed by atoms with van der Waals surface area (Å²) in [5, 5.41) is 0. The van der Waals surface area contributed by atoms with Gasteiger partial charge in [0.25, 0.3) is 0 Å². The summed E-state index contributed by atoms with van der Waals surface area (Å²) in [7, 11) is 0. The minimum Gasteiger partial charge on any atom is -0.299 e. The monoisotopic (exact) mass is 164 g/mol. The first-order chi connectivity index (χ1) is 5.45. The zero-order valence-electron chi connectivity index (χ0n) is 8.05. The van der Waals surface area contributed by atoms with Gasteiger partial charge in [-0.3, -0.25) is 4.79 Å². The summed E-state index contributed by atoms with van der Waals surface area (Å²) in [6, 6.07) is 0. The van der Waals surface area contributed by atoms with E-state index in [0.717, 1.165) is 12.0 Å². The second-order valence-corrected chi connectivity index (χ2v) is 4.21. The Labute approximate surface area is 74.2 Å². The van der Waals surface area contributed by atoms with E-state index >= 15 is 0 Å². The van der Waals surface area contributed by atoms with Crippen molar-refractivity contribution in [1.29, 1.82) is 0 Å². The number of hydrogen-bond donors (Lipinski definition) is 0. The van der Waals surface area contributed by atoms with Crippen molar-refractivity contribution in [3.63, 3.8) is 0 Å². The fourth-order valence-electron chi connectivity index (χ4n) is 2.04. The van der Waals surface area contributed by atoms with Gasteiger partial charge in [-0.1, -0.05) is 32.6 Å². The summed E-state index contributed by atoms with van der Waals surface area (Å²) in [5.41, 5.74) is 1.01. The Morgan fingerprint density at radius 2 is 2.25 bits per heavy atom. The lowest BCUT2D eigenvalue weighted by Crippen LogP contribution is -2.32. The van der Waals surface area contributed by atoms with Crippen molar-refractivity contribution in [1.82, 2.24) is 0 Å². The number of carbonyl (C=O) groups excluding carboxylic acids is 1. The number of rotatable bonds is 1. The molecule has 0 N–H and O–H groups in total. The maximum Gasteiger partial charge on any atom is 0.137 e. The Kier molecular flexibility index (Phi) is 2.22. The molecular weight excluding hydrogens is 148 g/mol.